The molecule has 1 fully saturated rings. The lowest BCUT2D eigenvalue weighted by Gasteiger charge is -2.34. The molecule has 2 aromatic rings. The van der Waals surface area contributed by atoms with Gasteiger partial charge in [0.15, 0.2) is 0 Å². The average molecular weight is 377 g/mol. The van der Waals surface area contributed by atoms with Crippen molar-refractivity contribution in [3.8, 4) is 0 Å². The van der Waals surface area contributed by atoms with Crippen molar-refractivity contribution in [1.29, 1.82) is 0 Å². The summed E-state index contributed by atoms with van der Waals surface area (Å²) in [4.78, 5) is 16.9. The molecule has 0 spiro atoms. The largest absolute Gasteiger partial charge is 0.315 e. The molecule has 5 heteroatoms. The van der Waals surface area contributed by atoms with Crippen molar-refractivity contribution in [2.45, 2.75) is 19.4 Å². The molecule has 1 atom stereocenters. The Hall–Kier alpha value is -1.55. The van der Waals surface area contributed by atoms with Gasteiger partial charge in [-0.05, 0) is 49.2 Å². The van der Waals surface area contributed by atoms with Crippen LogP contribution in [0.1, 0.15) is 18.4 Å². The maximum absolute atomic E-state index is 12.9. The zero-order chi connectivity index (χ0) is 17.8. The van der Waals surface area contributed by atoms with Gasteiger partial charge < -0.3 is 4.90 Å². The van der Waals surface area contributed by atoms with Gasteiger partial charge in [-0.25, -0.2) is 0 Å². The van der Waals surface area contributed by atoms with Crippen molar-refractivity contribution in [3.63, 3.8) is 0 Å². The SMILES string of the molecule is CN(C(=O)C1CCCN(Cc2ccc(Cl)cc2Cl)C1)c1ccccc1. The van der Waals surface area contributed by atoms with Crippen molar-refractivity contribution in [1.82, 2.24) is 4.90 Å². The fourth-order valence-electron chi connectivity index (χ4n) is 3.34. The van der Waals surface area contributed by atoms with Crippen LogP contribution >= 0.6 is 23.2 Å². The van der Waals surface area contributed by atoms with E-state index in [2.05, 4.69) is 4.90 Å². The van der Waals surface area contributed by atoms with Crippen LogP contribution in [0.5, 0.6) is 0 Å². The maximum atomic E-state index is 12.9. The monoisotopic (exact) mass is 376 g/mol. The van der Waals surface area contributed by atoms with E-state index in [9.17, 15) is 4.79 Å². The number of carbonyl (C=O) groups excluding carboxylic acids is 1. The number of nitrogens with zero attached hydrogens (tertiary/aromatic N) is 2. The van der Waals surface area contributed by atoms with Crippen LogP contribution in [0, 0.1) is 5.92 Å². The third-order valence-corrected chi connectivity index (χ3v) is 5.32. The Morgan fingerprint density at radius 1 is 1.20 bits per heavy atom. The van der Waals surface area contributed by atoms with Crippen LogP contribution < -0.4 is 4.90 Å². The van der Waals surface area contributed by atoms with Crippen LogP contribution in [-0.4, -0.2) is 30.9 Å². The number of benzene rings is 2. The molecule has 25 heavy (non-hydrogen) atoms. The Bertz CT molecular complexity index is 736. The van der Waals surface area contributed by atoms with Gasteiger partial charge in [0, 0.05) is 35.9 Å². The van der Waals surface area contributed by atoms with E-state index in [0.29, 0.717) is 10.0 Å². The molecule has 1 heterocycles. The van der Waals surface area contributed by atoms with E-state index in [1.807, 2.05) is 49.5 Å². The molecular weight excluding hydrogens is 355 g/mol. The van der Waals surface area contributed by atoms with E-state index in [1.165, 1.54) is 0 Å². The summed E-state index contributed by atoms with van der Waals surface area (Å²) >= 11 is 12.3. The first-order valence-electron chi connectivity index (χ1n) is 8.53. The molecule has 0 aromatic heterocycles. The quantitative estimate of drug-likeness (QED) is 0.759. The third kappa shape index (κ3) is 4.55. The highest BCUT2D eigenvalue weighted by molar-refractivity contribution is 6.35. The van der Waals surface area contributed by atoms with Gasteiger partial charge in [-0.15, -0.1) is 0 Å². The predicted octanol–water partition coefficient (Wildman–Crippen LogP) is 4.87. The Kier molecular flexibility index (Phi) is 6.00. The van der Waals surface area contributed by atoms with E-state index < -0.39 is 0 Å². The molecular formula is C20H22Cl2N2O. The van der Waals surface area contributed by atoms with Crippen LogP contribution in [0.15, 0.2) is 48.5 Å². The Morgan fingerprint density at radius 3 is 2.68 bits per heavy atom. The predicted molar refractivity (Wildman–Crippen MR) is 104 cm³/mol. The zero-order valence-electron chi connectivity index (χ0n) is 14.3. The van der Waals surface area contributed by atoms with E-state index in [1.54, 1.807) is 11.0 Å². The second-order valence-electron chi connectivity index (χ2n) is 6.54. The maximum Gasteiger partial charge on any atom is 0.231 e. The van der Waals surface area contributed by atoms with Gasteiger partial charge in [-0.1, -0.05) is 47.5 Å². The molecule has 0 N–H and O–H groups in total. The molecule has 1 aliphatic rings. The minimum atomic E-state index is 0.0185. The van der Waals surface area contributed by atoms with E-state index in [0.717, 1.165) is 43.7 Å². The van der Waals surface area contributed by atoms with Crippen LogP contribution in [0.2, 0.25) is 10.0 Å². The standard InChI is InChI=1S/C20H22Cl2N2O/c1-23(18-7-3-2-4-8-18)20(25)16-6-5-11-24(14-16)13-15-9-10-17(21)12-19(15)22/h2-4,7-10,12,16H,5-6,11,13-14H2,1H3. The molecule has 3 rings (SSSR count). The molecule has 0 bridgehead atoms. The topological polar surface area (TPSA) is 23.6 Å². The number of hydrogen-bond donors (Lipinski definition) is 0. The summed E-state index contributed by atoms with van der Waals surface area (Å²) in [5.74, 6) is 0.197. The van der Waals surface area contributed by atoms with E-state index in [4.69, 9.17) is 23.2 Å². The first-order valence-corrected chi connectivity index (χ1v) is 9.29. The lowest BCUT2D eigenvalue weighted by Crippen LogP contribution is -2.43. The van der Waals surface area contributed by atoms with Gasteiger partial charge in [-0.3, -0.25) is 9.69 Å². The number of anilines is 1. The highest BCUT2D eigenvalue weighted by Crippen LogP contribution is 2.26. The van der Waals surface area contributed by atoms with Gasteiger partial charge in [-0.2, -0.15) is 0 Å². The summed E-state index contributed by atoms with van der Waals surface area (Å²) in [6.07, 6.45) is 1.95. The summed E-state index contributed by atoms with van der Waals surface area (Å²) in [6.45, 7) is 2.49. The molecule has 0 aliphatic carbocycles. The van der Waals surface area contributed by atoms with E-state index >= 15 is 0 Å². The molecule has 1 amide bonds. The number of para-hydroxylation sites is 1. The molecule has 2 aromatic carbocycles. The summed E-state index contributed by atoms with van der Waals surface area (Å²) in [7, 11) is 1.85. The number of likely N-dealkylation sites (tertiary alicyclic amines) is 1. The van der Waals surface area contributed by atoms with E-state index in [-0.39, 0.29) is 11.8 Å². The van der Waals surface area contributed by atoms with Crippen molar-refractivity contribution in [2.75, 3.05) is 25.0 Å². The fraction of sp³-hybridized carbons (Fsp3) is 0.350. The summed E-state index contributed by atoms with van der Waals surface area (Å²) < 4.78 is 0. The number of piperidine rings is 1. The minimum absolute atomic E-state index is 0.0185. The Labute approximate surface area is 159 Å². The molecule has 1 unspecified atom stereocenters. The minimum Gasteiger partial charge on any atom is -0.315 e. The summed E-state index contributed by atoms with van der Waals surface area (Å²) in [6, 6.07) is 15.4. The van der Waals surface area contributed by atoms with Crippen LogP contribution in [0.3, 0.4) is 0 Å². The molecule has 0 radical (unpaired) electrons. The number of halogens is 2. The van der Waals surface area contributed by atoms with Crippen LogP contribution in [0.25, 0.3) is 0 Å². The van der Waals surface area contributed by atoms with Crippen LogP contribution in [0.4, 0.5) is 5.69 Å². The molecule has 1 aliphatic heterocycles. The molecule has 132 valence electrons. The third-order valence-electron chi connectivity index (χ3n) is 4.74. The zero-order valence-corrected chi connectivity index (χ0v) is 15.8. The second-order valence-corrected chi connectivity index (χ2v) is 7.39. The number of amides is 1. The fourth-order valence-corrected chi connectivity index (χ4v) is 3.81. The number of hydrogen-bond acceptors (Lipinski definition) is 2. The summed E-state index contributed by atoms with van der Waals surface area (Å²) in [5.41, 5.74) is 1.99. The lowest BCUT2D eigenvalue weighted by atomic mass is 9.96. The van der Waals surface area contributed by atoms with Crippen LogP contribution in [-0.2, 0) is 11.3 Å². The summed E-state index contributed by atoms with van der Waals surface area (Å²) in [5, 5.41) is 1.33. The lowest BCUT2D eigenvalue weighted by molar-refractivity contribution is -0.123. The normalized spacial score (nSPS) is 18.1. The second kappa shape index (κ2) is 8.22. The highest BCUT2D eigenvalue weighted by atomic mass is 35.5. The number of rotatable bonds is 4. The van der Waals surface area contributed by atoms with Crippen molar-refractivity contribution < 1.29 is 4.79 Å². The van der Waals surface area contributed by atoms with Gasteiger partial charge in [0.25, 0.3) is 0 Å². The smallest absolute Gasteiger partial charge is 0.231 e. The first kappa shape index (κ1) is 18.2. The molecule has 1 saturated heterocycles. The number of carbonyl (C=O) groups is 1. The van der Waals surface area contributed by atoms with Crippen molar-refractivity contribution in [2.24, 2.45) is 5.92 Å². The first-order chi connectivity index (χ1) is 12.0. The average Bonchev–Trinajstić information content (AvgIpc) is 2.64. The van der Waals surface area contributed by atoms with Gasteiger partial charge >= 0.3 is 0 Å². The Balaban J connectivity index is 1.65. The molecule has 3 nitrogen and oxygen atoms in total. The van der Waals surface area contributed by atoms with Crippen molar-refractivity contribution in [3.05, 3.63) is 64.1 Å². The van der Waals surface area contributed by atoms with Gasteiger partial charge in [0.05, 0.1) is 5.92 Å². The van der Waals surface area contributed by atoms with Gasteiger partial charge in [0.1, 0.15) is 0 Å². The molecule has 0 saturated carbocycles. The van der Waals surface area contributed by atoms with Crippen molar-refractivity contribution >= 4 is 34.8 Å². The van der Waals surface area contributed by atoms with Gasteiger partial charge in [0.2, 0.25) is 5.91 Å². The Morgan fingerprint density at radius 2 is 1.96 bits per heavy atom. The highest BCUT2D eigenvalue weighted by Gasteiger charge is 2.28.